The predicted octanol–water partition coefficient (Wildman–Crippen LogP) is 3.81. The lowest BCUT2D eigenvalue weighted by molar-refractivity contribution is 0.126. The number of anilines is 3. The molecular formula is C22H25ClFN5O4. The Kier molecular flexibility index (Phi) is 5.65. The lowest BCUT2D eigenvalue weighted by Crippen LogP contribution is -2.49. The van der Waals surface area contributed by atoms with Gasteiger partial charge in [-0.2, -0.15) is 4.98 Å². The predicted molar refractivity (Wildman–Crippen MR) is 121 cm³/mol. The third kappa shape index (κ3) is 4.02. The van der Waals surface area contributed by atoms with Crippen molar-refractivity contribution >= 4 is 35.1 Å². The second-order valence-electron chi connectivity index (χ2n) is 8.74. The van der Waals surface area contributed by atoms with Gasteiger partial charge >= 0.3 is 6.03 Å². The summed E-state index contributed by atoms with van der Waals surface area (Å²) >= 11 is 6.35. The summed E-state index contributed by atoms with van der Waals surface area (Å²) in [6, 6.07) is 0.717. The van der Waals surface area contributed by atoms with Crippen LogP contribution in [0.25, 0.3) is 0 Å². The van der Waals surface area contributed by atoms with Crippen molar-refractivity contribution in [2.45, 2.75) is 63.3 Å². The number of phenols is 1. The molecule has 9 nitrogen and oxygen atoms in total. The summed E-state index contributed by atoms with van der Waals surface area (Å²) in [5.74, 6) is -0.667. The van der Waals surface area contributed by atoms with Gasteiger partial charge in [0.1, 0.15) is 22.3 Å². The number of aromatic nitrogens is 2. The largest absolute Gasteiger partial charge is 0.505 e. The molecule has 2 aromatic rings. The molecule has 1 aromatic heterocycles. The monoisotopic (exact) mass is 477 g/mol. The number of hydrogen-bond acceptors (Lipinski definition) is 7. The Balaban J connectivity index is 1.49. The molecule has 1 aliphatic heterocycles. The zero-order valence-electron chi connectivity index (χ0n) is 18.1. The first-order valence-electron chi connectivity index (χ1n) is 11.0. The van der Waals surface area contributed by atoms with E-state index in [2.05, 4.69) is 15.3 Å². The molecule has 1 aromatic carbocycles. The number of carbonyl (C=O) groups excluding carboxylic acids is 1. The minimum atomic E-state index is -0.993. The van der Waals surface area contributed by atoms with Gasteiger partial charge < -0.3 is 20.3 Å². The summed E-state index contributed by atoms with van der Waals surface area (Å²) in [5, 5.41) is 23.0. The van der Waals surface area contributed by atoms with Crippen LogP contribution in [0.15, 0.2) is 12.3 Å². The molecule has 0 radical (unpaired) electrons. The average Bonchev–Trinajstić information content (AvgIpc) is 3.63. The minimum absolute atomic E-state index is 0.00344. The highest BCUT2D eigenvalue weighted by atomic mass is 35.5. The second-order valence-corrected chi connectivity index (χ2v) is 9.11. The Morgan fingerprint density at radius 3 is 2.64 bits per heavy atom. The molecule has 176 valence electrons. The third-order valence-corrected chi connectivity index (χ3v) is 6.76. The van der Waals surface area contributed by atoms with Crippen molar-refractivity contribution in [1.29, 1.82) is 0 Å². The number of nitrogens with zero attached hydrogens (tertiary/aromatic N) is 4. The van der Waals surface area contributed by atoms with E-state index in [0.29, 0.717) is 17.3 Å². The van der Waals surface area contributed by atoms with Crippen molar-refractivity contribution in [2.24, 2.45) is 0 Å². The number of aliphatic hydroxyl groups is 1. The van der Waals surface area contributed by atoms with Crippen LogP contribution in [0.5, 0.6) is 11.5 Å². The summed E-state index contributed by atoms with van der Waals surface area (Å²) in [4.78, 5) is 25.3. The maximum atomic E-state index is 14.9. The average molecular weight is 478 g/mol. The highest BCUT2D eigenvalue weighted by Gasteiger charge is 2.43. The first-order chi connectivity index (χ1) is 15.9. The molecule has 0 atom stereocenters. The molecule has 2 aliphatic carbocycles. The molecule has 33 heavy (non-hydrogen) atoms. The van der Waals surface area contributed by atoms with Crippen molar-refractivity contribution < 1.29 is 24.1 Å². The number of methoxy groups -OCH3 is 1. The molecule has 2 heterocycles. The van der Waals surface area contributed by atoms with E-state index in [1.807, 2.05) is 0 Å². The van der Waals surface area contributed by atoms with E-state index in [-0.39, 0.29) is 41.2 Å². The van der Waals surface area contributed by atoms with Gasteiger partial charge in [-0.1, -0.05) is 11.6 Å². The Morgan fingerprint density at radius 2 is 1.97 bits per heavy atom. The topological polar surface area (TPSA) is 111 Å². The fraction of sp³-hybridized carbons (Fsp3) is 0.500. The number of hydrogen-bond donors (Lipinski definition) is 3. The SMILES string of the molecule is COc1cc(O)c(F)c(N2Cc3cnc(NC4CCC(O)CC4)nc3N(C3CC3)C2=O)c1Cl. The Labute approximate surface area is 195 Å². The lowest BCUT2D eigenvalue weighted by atomic mass is 9.93. The van der Waals surface area contributed by atoms with Gasteiger partial charge in [0.2, 0.25) is 5.95 Å². The molecule has 0 unspecified atom stereocenters. The van der Waals surface area contributed by atoms with Crippen LogP contribution in [0.4, 0.5) is 26.6 Å². The van der Waals surface area contributed by atoms with Crippen LogP contribution >= 0.6 is 11.6 Å². The molecule has 2 saturated carbocycles. The molecule has 0 spiro atoms. The van der Waals surface area contributed by atoms with E-state index in [0.717, 1.165) is 44.6 Å². The van der Waals surface area contributed by atoms with E-state index in [9.17, 15) is 19.4 Å². The molecule has 11 heteroatoms. The van der Waals surface area contributed by atoms with Crippen LogP contribution in [0.2, 0.25) is 5.02 Å². The summed E-state index contributed by atoms with van der Waals surface area (Å²) in [7, 11) is 1.35. The van der Waals surface area contributed by atoms with Gasteiger partial charge in [-0.3, -0.25) is 9.80 Å². The molecule has 2 fully saturated rings. The number of phenolic OH excluding ortho intramolecular Hbond substituents is 1. The highest BCUT2D eigenvalue weighted by molar-refractivity contribution is 6.35. The number of urea groups is 1. The van der Waals surface area contributed by atoms with Gasteiger partial charge in [-0.05, 0) is 38.5 Å². The van der Waals surface area contributed by atoms with Crippen LogP contribution in [0.1, 0.15) is 44.1 Å². The van der Waals surface area contributed by atoms with E-state index < -0.39 is 17.6 Å². The van der Waals surface area contributed by atoms with Crippen molar-refractivity contribution in [2.75, 3.05) is 22.2 Å². The number of fused-ring (bicyclic) bond motifs is 1. The molecule has 3 aliphatic rings. The summed E-state index contributed by atoms with van der Waals surface area (Å²) < 4.78 is 20.1. The molecule has 3 N–H and O–H groups in total. The molecule has 0 saturated heterocycles. The lowest BCUT2D eigenvalue weighted by Gasteiger charge is -2.37. The van der Waals surface area contributed by atoms with Gasteiger partial charge in [0.05, 0.1) is 19.8 Å². The van der Waals surface area contributed by atoms with Gasteiger partial charge in [-0.25, -0.2) is 14.2 Å². The van der Waals surface area contributed by atoms with Crippen LogP contribution in [0, 0.1) is 5.82 Å². The minimum Gasteiger partial charge on any atom is -0.505 e. The van der Waals surface area contributed by atoms with Gasteiger partial charge in [-0.15, -0.1) is 0 Å². The normalized spacial score (nSPS) is 22.8. The number of aromatic hydroxyl groups is 1. The molecular weight excluding hydrogens is 453 g/mol. The number of amides is 2. The maximum absolute atomic E-state index is 14.9. The fourth-order valence-electron chi connectivity index (χ4n) is 4.46. The first kappa shape index (κ1) is 22.0. The maximum Gasteiger partial charge on any atom is 0.330 e. The zero-order chi connectivity index (χ0) is 23.3. The van der Waals surface area contributed by atoms with E-state index in [1.165, 1.54) is 12.0 Å². The summed E-state index contributed by atoms with van der Waals surface area (Å²) in [6.07, 6.45) is 6.08. The van der Waals surface area contributed by atoms with E-state index >= 15 is 0 Å². The van der Waals surface area contributed by atoms with Crippen LogP contribution in [-0.4, -0.2) is 51.5 Å². The van der Waals surface area contributed by atoms with E-state index in [4.69, 9.17) is 16.3 Å². The molecule has 2 amide bonds. The number of rotatable bonds is 5. The van der Waals surface area contributed by atoms with Crippen LogP contribution < -0.4 is 19.9 Å². The van der Waals surface area contributed by atoms with Crippen LogP contribution in [0.3, 0.4) is 0 Å². The second kappa shape index (κ2) is 8.49. The summed E-state index contributed by atoms with van der Waals surface area (Å²) in [6.45, 7) is -0.00344. The third-order valence-electron chi connectivity index (χ3n) is 6.39. The smallest absolute Gasteiger partial charge is 0.330 e. The number of carbonyl (C=O) groups is 1. The number of ether oxygens (including phenoxy) is 1. The van der Waals surface area contributed by atoms with Crippen molar-refractivity contribution in [3.8, 4) is 11.5 Å². The number of halogens is 2. The fourth-order valence-corrected chi connectivity index (χ4v) is 4.77. The van der Waals surface area contributed by atoms with Crippen molar-refractivity contribution in [3.63, 3.8) is 0 Å². The van der Waals surface area contributed by atoms with Crippen molar-refractivity contribution in [1.82, 2.24) is 9.97 Å². The van der Waals surface area contributed by atoms with Crippen LogP contribution in [-0.2, 0) is 6.54 Å². The first-order valence-corrected chi connectivity index (χ1v) is 11.4. The van der Waals surface area contributed by atoms with Gasteiger partial charge in [0.25, 0.3) is 0 Å². The Hall–Kier alpha value is -2.85. The zero-order valence-corrected chi connectivity index (χ0v) is 18.8. The van der Waals surface area contributed by atoms with E-state index in [1.54, 1.807) is 11.1 Å². The number of nitrogens with one attached hydrogen (secondary N) is 1. The molecule has 5 rings (SSSR count). The number of benzene rings is 1. The van der Waals surface area contributed by atoms with Crippen molar-refractivity contribution in [3.05, 3.63) is 28.7 Å². The summed E-state index contributed by atoms with van der Waals surface area (Å²) in [5.41, 5.74) is 0.404. The quantitative estimate of drug-likeness (QED) is 0.600. The number of aliphatic hydroxyl groups excluding tert-OH is 1. The standard InChI is InChI=1S/C22H25ClFN5O4/c1-33-16-8-15(31)18(24)19(17(16)23)28-10-11-9-25-21(26-12-2-6-14(30)7-3-12)27-20(11)29(22(28)32)13-4-5-13/h8-9,12-14,30-31H,2-7,10H2,1H3,(H,25,26,27). The Bertz CT molecular complexity index is 1090. The van der Waals surface area contributed by atoms with Gasteiger partial charge in [0.15, 0.2) is 11.6 Å². The highest BCUT2D eigenvalue weighted by Crippen LogP contribution is 2.45. The van der Waals surface area contributed by atoms with Gasteiger partial charge in [0, 0.05) is 29.9 Å². The molecule has 0 bridgehead atoms. The Morgan fingerprint density at radius 1 is 1.24 bits per heavy atom.